The highest BCUT2D eigenvalue weighted by atomic mass is 32.2. The Labute approximate surface area is 101 Å². The molecule has 5 nitrogen and oxygen atoms in total. The average molecular weight is 255 g/mol. The summed E-state index contributed by atoms with van der Waals surface area (Å²) < 4.78 is 23.1. The predicted octanol–water partition coefficient (Wildman–Crippen LogP) is 0.636. The number of pyridine rings is 1. The van der Waals surface area contributed by atoms with Gasteiger partial charge in [0.1, 0.15) is 10.7 Å². The predicted molar refractivity (Wildman–Crippen MR) is 66.6 cm³/mol. The number of hydrogen-bond donors (Lipinski definition) is 2. The number of sulfone groups is 1. The summed E-state index contributed by atoms with van der Waals surface area (Å²) in [7, 11) is -3.24. The Kier molecular flexibility index (Phi) is 3.09. The van der Waals surface area contributed by atoms with Crippen LogP contribution in [-0.2, 0) is 9.84 Å². The molecule has 1 fully saturated rings. The van der Waals surface area contributed by atoms with Gasteiger partial charge in [0.25, 0.3) is 0 Å². The third kappa shape index (κ3) is 2.76. The van der Waals surface area contributed by atoms with Crippen LogP contribution in [0.25, 0.3) is 0 Å². The number of hydrogen-bond acceptors (Lipinski definition) is 5. The summed E-state index contributed by atoms with van der Waals surface area (Å²) >= 11 is 0. The number of nitrogens with two attached hydrogens (primary N) is 1. The smallest absolute Gasteiger partial charge is 0.179 e. The van der Waals surface area contributed by atoms with E-state index in [2.05, 4.69) is 10.3 Å². The lowest BCUT2D eigenvalue weighted by molar-refractivity contribution is 0.553. The zero-order chi connectivity index (χ0) is 12.5. The minimum Gasteiger partial charge on any atom is -0.368 e. The summed E-state index contributed by atoms with van der Waals surface area (Å²) in [5.74, 6) is 0.426. The largest absolute Gasteiger partial charge is 0.368 e. The summed E-state index contributed by atoms with van der Waals surface area (Å²) in [4.78, 5) is 4.32. The van der Waals surface area contributed by atoms with Crippen LogP contribution in [0.5, 0.6) is 0 Å². The van der Waals surface area contributed by atoms with Gasteiger partial charge in [0.05, 0.1) is 0 Å². The van der Waals surface area contributed by atoms with E-state index >= 15 is 0 Å². The molecule has 3 N–H and O–H groups in total. The van der Waals surface area contributed by atoms with Crippen molar-refractivity contribution in [2.75, 3.05) is 24.7 Å². The van der Waals surface area contributed by atoms with Gasteiger partial charge >= 0.3 is 0 Å². The summed E-state index contributed by atoms with van der Waals surface area (Å²) in [5.41, 5.74) is 5.82. The first-order valence-electron chi connectivity index (χ1n) is 5.56. The molecule has 2 rings (SSSR count). The summed E-state index contributed by atoms with van der Waals surface area (Å²) in [6, 6.07) is 3.18. The van der Waals surface area contributed by atoms with Crippen LogP contribution in [0.3, 0.4) is 0 Å². The molecule has 0 spiro atoms. The van der Waals surface area contributed by atoms with Crippen LogP contribution in [0, 0.1) is 5.41 Å². The second-order valence-electron chi connectivity index (χ2n) is 4.68. The highest BCUT2D eigenvalue weighted by molar-refractivity contribution is 7.90. The molecule has 94 valence electrons. The van der Waals surface area contributed by atoms with Crippen molar-refractivity contribution in [2.45, 2.75) is 17.7 Å². The molecular formula is C11H17N3O2S. The number of nitrogens with zero attached hydrogens (tertiary/aromatic N) is 1. The maximum Gasteiger partial charge on any atom is 0.179 e. The van der Waals surface area contributed by atoms with Crippen molar-refractivity contribution in [3.05, 3.63) is 18.3 Å². The van der Waals surface area contributed by atoms with Gasteiger partial charge in [-0.1, -0.05) is 0 Å². The van der Waals surface area contributed by atoms with E-state index in [1.54, 1.807) is 18.3 Å². The van der Waals surface area contributed by atoms with E-state index in [4.69, 9.17) is 5.73 Å². The van der Waals surface area contributed by atoms with Crippen molar-refractivity contribution in [1.82, 2.24) is 4.98 Å². The van der Waals surface area contributed by atoms with E-state index in [1.165, 1.54) is 6.26 Å². The second-order valence-corrected chi connectivity index (χ2v) is 6.66. The Morgan fingerprint density at radius 3 is 2.76 bits per heavy atom. The van der Waals surface area contributed by atoms with Crippen LogP contribution in [0.15, 0.2) is 23.2 Å². The van der Waals surface area contributed by atoms with Crippen molar-refractivity contribution in [1.29, 1.82) is 0 Å². The number of aromatic nitrogens is 1. The molecule has 1 aromatic heterocycles. The summed E-state index contributed by atoms with van der Waals surface area (Å²) in [6.45, 7) is 1.31. The van der Waals surface area contributed by atoms with Gasteiger partial charge in [0.15, 0.2) is 9.84 Å². The van der Waals surface area contributed by atoms with E-state index in [1.807, 2.05) is 0 Å². The molecule has 1 aliphatic carbocycles. The van der Waals surface area contributed by atoms with Crippen molar-refractivity contribution in [2.24, 2.45) is 11.1 Å². The van der Waals surface area contributed by atoms with E-state index in [0.29, 0.717) is 18.9 Å². The van der Waals surface area contributed by atoms with Gasteiger partial charge in [0, 0.05) is 19.0 Å². The molecule has 1 heterocycles. The fourth-order valence-electron chi connectivity index (χ4n) is 1.72. The maximum absolute atomic E-state index is 11.6. The van der Waals surface area contributed by atoms with Crippen LogP contribution in [0.1, 0.15) is 12.8 Å². The third-order valence-corrected chi connectivity index (χ3v) is 4.32. The van der Waals surface area contributed by atoms with E-state index < -0.39 is 9.84 Å². The van der Waals surface area contributed by atoms with Gasteiger partial charge in [-0.2, -0.15) is 0 Å². The van der Waals surface area contributed by atoms with E-state index in [9.17, 15) is 8.42 Å². The topological polar surface area (TPSA) is 85.1 Å². The van der Waals surface area contributed by atoms with Crippen LogP contribution in [-0.4, -0.2) is 32.7 Å². The van der Waals surface area contributed by atoms with Gasteiger partial charge in [0.2, 0.25) is 0 Å². The average Bonchev–Trinajstić information content (AvgIpc) is 3.06. The van der Waals surface area contributed by atoms with E-state index in [0.717, 1.165) is 12.8 Å². The van der Waals surface area contributed by atoms with Gasteiger partial charge < -0.3 is 11.1 Å². The van der Waals surface area contributed by atoms with Crippen molar-refractivity contribution >= 4 is 15.7 Å². The van der Waals surface area contributed by atoms with Crippen molar-refractivity contribution in [3.8, 4) is 0 Å². The quantitative estimate of drug-likeness (QED) is 0.806. The Morgan fingerprint density at radius 2 is 2.24 bits per heavy atom. The van der Waals surface area contributed by atoms with Crippen LogP contribution in [0.4, 0.5) is 5.82 Å². The van der Waals surface area contributed by atoms with Gasteiger partial charge in [-0.15, -0.1) is 0 Å². The highest BCUT2D eigenvalue weighted by Crippen LogP contribution is 2.44. The monoisotopic (exact) mass is 255 g/mol. The van der Waals surface area contributed by atoms with Crippen LogP contribution in [0.2, 0.25) is 0 Å². The van der Waals surface area contributed by atoms with Gasteiger partial charge in [-0.3, -0.25) is 0 Å². The molecule has 1 aromatic rings. The molecule has 0 saturated heterocycles. The lowest BCUT2D eigenvalue weighted by atomic mass is 10.1. The second kappa shape index (κ2) is 4.27. The van der Waals surface area contributed by atoms with Gasteiger partial charge in [-0.05, 0) is 36.9 Å². The molecule has 0 aromatic carbocycles. The van der Waals surface area contributed by atoms with Crippen molar-refractivity contribution < 1.29 is 8.42 Å². The molecular weight excluding hydrogens is 238 g/mol. The lowest BCUT2D eigenvalue weighted by Gasteiger charge is -2.15. The molecule has 1 aliphatic rings. The Balaban J connectivity index is 2.16. The van der Waals surface area contributed by atoms with Crippen LogP contribution >= 0.6 is 0 Å². The number of anilines is 1. The summed E-state index contributed by atoms with van der Waals surface area (Å²) in [5, 5.41) is 3.10. The molecule has 0 unspecified atom stereocenters. The number of rotatable bonds is 5. The fourth-order valence-corrected chi connectivity index (χ4v) is 2.53. The first-order chi connectivity index (χ1) is 7.97. The SMILES string of the molecule is CS(=O)(=O)c1cccnc1NCC1(CN)CC1. The number of nitrogens with one attached hydrogen (secondary N) is 1. The zero-order valence-electron chi connectivity index (χ0n) is 9.81. The standard InChI is InChI=1S/C11H17N3O2S/c1-17(15,16)9-3-2-6-13-10(9)14-8-11(7-12)4-5-11/h2-3,6H,4-5,7-8,12H2,1H3,(H,13,14). The maximum atomic E-state index is 11.6. The molecule has 6 heteroatoms. The molecule has 0 aliphatic heterocycles. The highest BCUT2D eigenvalue weighted by Gasteiger charge is 2.41. The first-order valence-corrected chi connectivity index (χ1v) is 7.45. The minimum absolute atomic E-state index is 0.145. The molecule has 0 atom stereocenters. The van der Waals surface area contributed by atoms with Crippen molar-refractivity contribution in [3.63, 3.8) is 0 Å². The summed E-state index contributed by atoms with van der Waals surface area (Å²) in [6.07, 6.45) is 4.96. The van der Waals surface area contributed by atoms with Gasteiger partial charge in [-0.25, -0.2) is 13.4 Å². The molecule has 1 saturated carbocycles. The fraction of sp³-hybridized carbons (Fsp3) is 0.545. The molecule has 0 radical (unpaired) electrons. The molecule has 0 amide bonds. The first kappa shape index (κ1) is 12.3. The van der Waals surface area contributed by atoms with E-state index in [-0.39, 0.29) is 10.3 Å². The minimum atomic E-state index is -3.24. The normalized spacial score (nSPS) is 17.8. The molecule has 0 bridgehead atoms. The van der Waals surface area contributed by atoms with Crippen LogP contribution < -0.4 is 11.1 Å². The Hall–Kier alpha value is -1.14. The lowest BCUT2D eigenvalue weighted by Crippen LogP contribution is -2.25. The third-order valence-electron chi connectivity index (χ3n) is 3.19. The molecule has 17 heavy (non-hydrogen) atoms. The Bertz CT molecular complexity index is 509. The Morgan fingerprint density at radius 1 is 1.53 bits per heavy atom. The zero-order valence-corrected chi connectivity index (χ0v) is 10.6.